The van der Waals surface area contributed by atoms with Gasteiger partial charge in [0.15, 0.2) is 6.54 Å². The molecule has 1 aromatic carbocycles. The Morgan fingerprint density at radius 3 is 2.59 bits per heavy atom. The predicted octanol–water partition coefficient (Wildman–Crippen LogP) is 3.31. The van der Waals surface area contributed by atoms with Crippen molar-refractivity contribution in [3.63, 3.8) is 0 Å². The van der Waals surface area contributed by atoms with Crippen molar-refractivity contribution in [2.45, 2.75) is 37.4 Å². The number of quaternary nitrogens is 1. The third kappa shape index (κ3) is 2.01. The Labute approximate surface area is 126 Å². The second-order valence-electron chi connectivity index (χ2n) is 6.51. The summed E-state index contributed by atoms with van der Waals surface area (Å²) in [5, 5.41) is 16.2. The lowest BCUT2D eigenvalue weighted by Crippen LogP contribution is -2.47. The molecular weight excluding hydrogens is 293 g/mol. The normalized spacial score (nSPS) is 33.6. The third-order valence-corrected chi connectivity index (χ3v) is 4.96. The van der Waals surface area contributed by atoms with Gasteiger partial charge in [-0.1, -0.05) is 24.3 Å². The number of fused-ring (bicyclic) bond motifs is 2. The number of nitrogens with zero attached hydrogens (tertiary/aromatic N) is 1. The molecule has 1 aromatic rings. The van der Waals surface area contributed by atoms with Crippen molar-refractivity contribution >= 4 is 0 Å². The number of nitrogens with one attached hydrogen (secondary N) is 1. The van der Waals surface area contributed by atoms with Gasteiger partial charge in [0.2, 0.25) is 0 Å². The van der Waals surface area contributed by atoms with Crippen LogP contribution in [0, 0.1) is 5.21 Å². The second kappa shape index (κ2) is 4.34. The Hall–Kier alpha value is -1.37. The lowest BCUT2D eigenvalue weighted by atomic mass is 9.88. The highest BCUT2D eigenvalue weighted by Crippen LogP contribution is 2.54. The zero-order valence-corrected chi connectivity index (χ0v) is 12.0. The van der Waals surface area contributed by atoms with Crippen LogP contribution in [0.4, 0.5) is 13.2 Å². The van der Waals surface area contributed by atoms with E-state index in [4.69, 9.17) is 0 Å². The fourth-order valence-corrected chi connectivity index (χ4v) is 4.13. The molecule has 1 saturated heterocycles. The summed E-state index contributed by atoms with van der Waals surface area (Å²) >= 11 is 0. The molecule has 0 amide bonds. The first-order chi connectivity index (χ1) is 10.3. The highest BCUT2D eigenvalue weighted by Gasteiger charge is 2.58. The molecule has 0 aromatic heterocycles. The summed E-state index contributed by atoms with van der Waals surface area (Å²) in [5.41, 5.74) is 2.79. The van der Waals surface area contributed by atoms with Crippen molar-refractivity contribution in [3.05, 3.63) is 51.9 Å². The smallest absolute Gasteiger partial charge is 0.438 e. The van der Waals surface area contributed by atoms with Gasteiger partial charge in [0.05, 0.1) is 0 Å². The fourth-order valence-electron chi connectivity index (χ4n) is 4.13. The number of alkyl halides is 3. The summed E-state index contributed by atoms with van der Waals surface area (Å²) in [7, 11) is 0. The van der Waals surface area contributed by atoms with Crippen LogP contribution in [0.25, 0.3) is 0 Å². The molecule has 4 rings (SSSR count). The van der Waals surface area contributed by atoms with Gasteiger partial charge in [0.1, 0.15) is 17.9 Å². The number of hydrogen-bond donors (Lipinski definition) is 1. The van der Waals surface area contributed by atoms with Crippen LogP contribution < -0.4 is 5.32 Å². The Balaban J connectivity index is 1.83. The first-order valence-corrected chi connectivity index (χ1v) is 7.55. The quantitative estimate of drug-likeness (QED) is 0.638. The lowest BCUT2D eigenvalue weighted by Gasteiger charge is -2.41. The van der Waals surface area contributed by atoms with Crippen LogP contribution in [0.5, 0.6) is 0 Å². The first-order valence-electron chi connectivity index (χ1n) is 7.55. The minimum Gasteiger partial charge on any atom is -0.626 e. The number of hydrogen-bond acceptors (Lipinski definition) is 2. The van der Waals surface area contributed by atoms with E-state index in [1.807, 2.05) is 24.3 Å². The Morgan fingerprint density at radius 1 is 1.18 bits per heavy atom. The van der Waals surface area contributed by atoms with Gasteiger partial charge in [-0.05, 0) is 42.4 Å². The van der Waals surface area contributed by atoms with Crippen molar-refractivity contribution in [1.82, 2.24) is 5.32 Å². The summed E-state index contributed by atoms with van der Waals surface area (Å²) in [4.78, 5) is 0. The topological polar surface area (TPSA) is 35.1 Å². The van der Waals surface area contributed by atoms with E-state index in [0.29, 0.717) is 12.1 Å². The van der Waals surface area contributed by atoms with Gasteiger partial charge in [-0.25, -0.2) is 0 Å². The second-order valence-corrected chi connectivity index (χ2v) is 6.51. The van der Waals surface area contributed by atoms with E-state index in [1.54, 1.807) is 0 Å². The molecule has 6 heteroatoms. The van der Waals surface area contributed by atoms with E-state index in [2.05, 4.69) is 5.32 Å². The Morgan fingerprint density at radius 2 is 1.91 bits per heavy atom. The highest BCUT2D eigenvalue weighted by atomic mass is 19.4. The van der Waals surface area contributed by atoms with Gasteiger partial charge in [0, 0.05) is 0 Å². The highest BCUT2D eigenvalue weighted by molar-refractivity contribution is 5.48. The molecule has 118 valence electrons. The number of benzene rings is 1. The van der Waals surface area contributed by atoms with Crippen molar-refractivity contribution < 1.29 is 17.8 Å². The van der Waals surface area contributed by atoms with E-state index in [9.17, 15) is 18.4 Å². The fraction of sp³-hybridized carbons (Fsp3) is 0.500. The molecule has 3 nitrogen and oxygen atoms in total. The third-order valence-electron chi connectivity index (χ3n) is 4.96. The van der Waals surface area contributed by atoms with Crippen molar-refractivity contribution in [2.75, 3.05) is 13.2 Å². The number of rotatable bonds is 1. The lowest BCUT2D eigenvalue weighted by molar-refractivity contribution is -0.847. The Kier molecular flexibility index (Phi) is 2.81. The Bertz CT molecular complexity index is 664. The van der Waals surface area contributed by atoms with Gasteiger partial charge in [-0.3, -0.25) is 5.32 Å². The molecule has 2 unspecified atom stereocenters. The van der Waals surface area contributed by atoms with Crippen LogP contribution in [0.3, 0.4) is 0 Å². The molecule has 0 radical (unpaired) electrons. The summed E-state index contributed by atoms with van der Waals surface area (Å²) in [6.07, 6.45) is -1.49. The molecule has 1 spiro atoms. The maximum atomic E-state index is 13.0. The first kappa shape index (κ1) is 14.2. The average Bonchev–Trinajstić information content (AvgIpc) is 3.12. The average molecular weight is 310 g/mol. The molecule has 2 fully saturated rings. The number of aryl methyl sites for hydroxylation is 1. The number of allylic oxidation sites excluding steroid dienone is 1. The molecule has 0 bridgehead atoms. The summed E-state index contributed by atoms with van der Waals surface area (Å²) in [5.74, 6) is 0. The SMILES string of the molecule is [O-][N+]1(CC(F)(F)F)CNC2(CCc3ccccc32)C1=C1CC1. The molecule has 2 aliphatic carbocycles. The summed E-state index contributed by atoms with van der Waals surface area (Å²) in [6.45, 7) is -1.55. The van der Waals surface area contributed by atoms with E-state index in [0.717, 1.165) is 36.0 Å². The zero-order chi connectivity index (χ0) is 15.6. The van der Waals surface area contributed by atoms with Crippen molar-refractivity contribution in [1.29, 1.82) is 0 Å². The van der Waals surface area contributed by atoms with Crippen LogP contribution >= 0.6 is 0 Å². The number of halogens is 3. The van der Waals surface area contributed by atoms with E-state index in [1.165, 1.54) is 0 Å². The molecule has 1 N–H and O–H groups in total. The van der Waals surface area contributed by atoms with E-state index < -0.39 is 22.9 Å². The van der Waals surface area contributed by atoms with Crippen LogP contribution in [0.1, 0.15) is 30.4 Å². The maximum absolute atomic E-state index is 13.0. The summed E-state index contributed by atoms with van der Waals surface area (Å²) < 4.78 is 37.5. The van der Waals surface area contributed by atoms with Crippen LogP contribution in [0.15, 0.2) is 35.5 Å². The molecule has 3 aliphatic rings. The van der Waals surface area contributed by atoms with Gasteiger partial charge in [-0.2, -0.15) is 13.2 Å². The minimum absolute atomic E-state index is 0.202. The van der Waals surface area contributed by atoms with Crippen molar-refractivity contribution in [3.8, 4) is 0 Å². The zero-order valence-electron chi connectivity index (χ0n) is 12.0. The molecule has 22 heavy (non-hydrogen) atoms. The van der Waals surface area contributed by atoms with Crippen molar-refractivity contribution in [2.24, 2.45) is 0 Å². The van der Waals surface area contributed by atoms with Gasteiger partial charge in [0.25, 0.3) is 0 Å². The van der Waals surface area contributed by atoms with E-state index >= 15 is 0 Å². The summed E-state index contributed by atoms with van der Waals surface area (Å²) in [6, 6.07) is 7.78. The molecule has 2 atom stereocenters. The minimum atomic E-state index is -4.46. The maximum Gasteiger partial charge on any atom is 0.438 e. The van der Waals surface area contributed by atoms with Crippen LogP contribution in [-0.4, -0.2) is 24.0 Å². The monoisotopic (exact) mass is 310 g/mol. The molecule has 1 aliphatic heterocycles. The van der Waals surface area contributed by atoms with Gasteiger partial charge in [-0.15, -0.1) is 0 Å². The standard InChI is InChI=1S/C16H17F3N2O/c17-16(18,19)9-21(22)10-20-15(14(21)12-5-6-12)8-7-11-3-1-2-4-13(11)15/h1-4,20H,5-10H2. The molecular formula is C16H17F3N2O. The molecule has 1 saturated carbocycles. The predicted molar refractivity (Wildman–Crippen MR) is 75.3 cm³/mol. The van der Waals surface area contributed by atoms with E-state index in [-0.39, 0.29) is 6.67 Å². The number of hydroxylamine groups is 3. The largest absolute Gasteiger partial charge is 0.626 e. The van der Waals surface area contributed by atoms with Gasteiger partial charge >= 0.3 is 6.18 Å². The van der Waals surface area contributed by atoms with Crippen LogP contribution in [-0.2, 0) is 12.0 Å². The molecule has 1 heterocycles. The van der Waals surface area contributed by atoms with Crippen LogP contribution in [0.2, 0.25) is 0 Å². The van der Waals surface area contributed by atoms with Gasteiger partial charge < -0.3 is 9.85 Å².